The lowest BCUT2D eigenvalue weighted by Crippen LogP contribution is -2.39. The Hall–Kier alpha value is -2.49. The number of aryl methyl sites for hydroxylation is 3. The van der Waals surface area contributed by atoms with Crippen molar-refractivity contribution >= 4 is 5.91 Å². The summed E-state index contributed by atoms with van der Waals surface area (Å²) in [5, 5.41) is 2.91. The van der Waals surface area contributed by atoms with E-state index in [2.05, 4.69) is 17.4 Å². The van der Waals surface area contributed by atoms with Gasteiger partial charge < -0.3 is 14.8 Å². The Morgan fingerprint density at radius 3 is 2.48 bits per heavy atom. The fourth-order valence-corrected chi connectivity index (χ4v) is 3.36. The number of hydrogen-bond donors (Lipinski definition) is 1. The van der Waals surface area contributed by atoms with Gasteiger partial charge in [0.2, 0.25) is 0 Å². The van der Waals surface area contributed by atoms with Gasteiger partial charge in [0.25, 0.3) is 5.91 Å². The summed E-state index contributed by atoms with van der Waals surface area (Å²) in [5.41, 5.74) is 3.97. The summed E-state index contributed by atoms with van der Waals surface area (Å²) in [4.78, 5) is 12.4. The molecule has 27 heavy (non-hydrogen) atoms. The average Bonchev–Trinajstić information content (AvgIpc) is 2.70. The van der Waals surface area contributed by atoms with Crippen LogP contribution in [0.15, 0.2) is 42.5 Å². The van der Waals surface area contributed by atoms with Crippen LogP contribution < -0.4 is 14.8 Å². The number of fused-ring (bicyclic) bond motifs is 1. The number of carbonyl (C=O) groups excluding carboxylic acids is 1. The van der Waals surface area contributed by atoms with Crippen LogP contribution in [-0.4, -0.2) is 25.2 Å². The number of amides is 1. The molecule has 4 nitrogen and oxygen atoms in total. The van der Waals surface area contributed by atoms with Crippen molar-refractivity contribution in [2.45, 2.75) is 52.1 Å². The molecule has 2 aromatic carbocycles. The maximum Gasteiger partial charge on any atom is 0.261 e. The maximum atomic E-state index is 12.4. The molecule has 1 aliphatic carbocycles. The van der Waals surface area contributed by atoms with Gasteiger partial charge >= 0.3 is 0 Å². The summed E-state index contributed by atoms with van der Waals surface area (Å²) in [5.74, 6) is 1.50. The van der Waals surface area contributed by atoms with Crippen molar-refractivity contribution in [3.63, 3.8) is 0 Å². The van der Waals surface area contributed by atoms with E-state index in [1.54, 1.807) is 0 Å². The second-order valence-corrected chi connectivity index (χ2v) is 7.10. The number of hydrogen-bond acceptors (Lipinski definition) is 3. The van der Waals surface area contributed by atoms with Crippen molar-refractivity contribution in [3.05, 3.63) is 59.2 Å². The highest BCUT2D eigenvalue weighted by atomic mass is 16.5. The largest absolute Gasteiger partial charge is 0.492 e. The summed E-state index contributed by atoms with van der Waals surface area (Å²) in [6.07, 6.45) is 4.89. The smallest absolute Gasteiger partial charge is 0.261 e. The number of benzene rings is 2. The van der Waals surface area contributed by atoms with Crippen LogP contribution in [0.5, 0.6) is 11.5 Å². The molecule has 1 atom stereocenters. The topological polar surface area (TPSA) is 47.6 Å². The minimum absolute atomic E-state index is 0.0947. The molecule has 1 unspecified atom stereocenters. The van der Waals surface area contributed by atoms with Gasteiger partial charge in [0.05, 0.1) is 6.54 Å². The molecule has 3 rings (SSSR count). The second-order valence-electron chi connectivity index (χ2n) is 7.10. The Labute approximate surface area is 161 Å². The highest BCUT2D eigenvalue weighted by molar-refractivity contribution is 5.81. The fraction of sp³-hybridized carbons (Fsp3) is 0.435. The molecule has 0 saturated carbocycles. The monoisotopic (exact) mass is 367 g/mol. The molecule has 2 aromatic rings. The van der Waals surface area contributed by atoms with Crippen LogP contribution in [0.2, 0.25) is 0 Å². The third kappa shape index (κ3) is 5.49. The third-order valence-corrected chi connectivity index (χ3v) is 4.95. The van der Waals surface area contributed by atoms with Crippen molar-refractivity contribution < 1.29 is 14.3 Å². The zero-order chi connectivity index (χ0) is 19.1. The van der Waals surface area contributed by atoms with E-state index in [0.717, 1.165) is 24.3 Å². The molecule has 1 amide bonds. The summed E-state index contributed by atoms with van der Waals surface area (Å²) in [6.45, 7) is 4.89. The van der Waals surface area contributed by atoms with E-state index in [0.29, 0.717) is 19.6 Å². The standard InChI is InChI=1S/C23H29NO3/c1-3-22(27-21-13-10-18-6-4-5-7-19(18)16-21)23(25)24-14-15-26-20-11-8-17(2)9-12-20/h8-13,16,22H,3-7,14-15H2,1-2H3,(H,24,25). The molecule has 4 heteroatoms. The summed E-state index contributed by atoms with van der Waals surface area (Å²) >= 11 is 0. The first kappa shape index (κ1) is 19.3. The first-order valence-electron chi connectivity index (χ1n) is 9.91. The molecule has 0 radical (unpaired) electrons. The van der Waals surface area contributed by atoms with Crippen molar-refractivity contribution in [3.8, 4) is 11.5 Å². The first-order valence-corrected chi connectivity index (χ1v) is 9.91. The molecule has 1 N–H and O–H groups in total. The van der Waals surface area contributed by atoms with Crippen LogP contribution in [0.4, 0.5) is 0 Å². The molecule has 0 spiro atoms. The van der Waals surface area contributed by atoms with Crippen LogP contribution in [0.3, 0.4) is 0 Å². The Morgan fingerprint density at radius 2 is 1.74 bits per heavy atom. The van der Waals surface area contributed by atoms with Gasteiger partial charge in [0, 0.05) is 0 Å². The van der Waals surface area contributed by atoms with Gasteiger partial charge in [0.15, 0.2) is 6.10 Å². The maximum absolute atomic E-state index is 12.4. The van der Waals surface area contributed by atoms with Gasteiger partial charge in [-0.15, -0.1) is 0 Å². The second kappa shape index (κ2) is 9.45. The number of nitrogens with one attached hydrogen (secondary N) is 1. The van der Waals surface area contributed by atoms with Crippen LogP contribution in [0.1, 0.15) is 42.9 Å². The fourth-order valence-electron chi connectivity index (χ4n) is 3.36. The lowest BCUT2D eigenvalue weighted by Gasteiger charge is -2.20. The number of ether oxygens (including phenoxy) is 2. The van der Waals surface area contributed by atoms with E-state index >= 15 is 0 Å². The van der Waals surface area contributed by atoms with E-state index in [-0.39, 0.29) is 5.91 Å². The van der Waals surface area contributed by atoms with Crippen molar-refractivity contribution in [1.82, 2.24) is 5.32 Å². The molecule has 0 saturated heterocycles. The predicted molar refractivity (Wildman–Crippen MR) is 107 cm³/mol. The molecule has 1 aliphatic rings. The lowest BCUT2D eigenvalue weighted by atomic mass is 9.92. The van der Waals surface area contributed by atoms with Crippen LogP contribution in [0.25, 0.3) is 0 Å². The van der Waals surface area contributed by atoms with Crippen molar-refractivity contribution in [1.29, 1.82) is 0 Å². The summed E-state index contributed by atoms with van der Waals surface area (Å²) in [7, 11) is 0. The molecule has 0 aromatic heterocycles. The Morgan fingerprint density at radius 1 is 1.04 bits per heavy atom. The Kier molecular flexibility index (Phi) is 6.74. The molecular formula is C23H29NO3. The quantitative estimate of drug-likeness (QED) is 0.711. The minimum atomic E-state index is -0.481. The third-order valence-electron chi connectivity index (χ3n) is 4.95. The van der Waals surface area contributed by atoms with Crippen molar-refractivity contribution in [2.75, 3.05) is 13.2 Å². The average molecular weight is 367 g/mol. The Bertz CT molecular complexity index is 755. The normalized spacial score (nSPS) is 14.1. The molecule has 0 bridgehead atoms. The van der Waals surface area contributed by atoms with E-state index in [1.807, 2.05) is 44.2 Å². The van der Waals surface area contributed by atoms with Gasteiger partial charge in [-0.3, -0.25) is 4.79 Å². The van der Waals surface area contributed by atoms with Crippen molar-refractivity contribution in [2.24, 2.45) is 0 Å². The molecule has 0 fully saturated rings. The van der Waals surface area contributed by atoms with Crippen LogP contribution in [0, 0.1) is 6.92 Å². The van der Waals surface area contributed by atoms with E-state index in [9.17, 15) is 4.79 Å². The van der Waals surface area contributed by atoms with Gasteiger partial charge in [-0.2, -0.15) is 0 Å². The highest BCUT2D eigenvalue weighted by Crippen LogP contribution is 2.26. The zero-order valence-electron chi connectivity index (χ0n) is 16.3. The minimum Gasteiger partial charge on any atom is -0.492 e. The van der Waals surface area contributed by atoms with E-state index in [1.165, 1.54) is 29.5 Å². The summed E-state index contributed by atoms with van der Waals surface area (Å²) in [6, 6.07) is 14.1. The van der Waals surface area contributed by atoms with Gasteiger partial charge in [-0.1, -0.05) is 30.7 Å². The van der Waals surface area contributed by atoms with Crippen LogP contribution >= 0.6 is 0 Å². The molecule has 144 valence electrons. The molecule has 0 heterocycles. The number of rotatable bonds is 8. The van der Waals surface area contributed by atoms with E-state index in [4.69, 9.17) is 9.47 Å². The number of carbonyl (C=O) groups is 1. The SMILES string of the molecule is CCC(Oc1ccc2c(c1)CCCC2)C(=O)NCCOc1ccc(C)cc1. The Balaban J connectivity index is 1.46. The predicted octanol–water partition coefficient (Wildman–Crippen LogP) is 4.23. The molecular weight excluding hydrogens is 338 g/mol. The lowest BCUT2D eigenvalue weighted by molar-refractivity contribution is -0.128. The summed E-state index contributed by atoms with van der Waals surface area (Å²) < 4.78 is 11.6. The molecule has 0 aliphatic heterocycles. The van der Waals surface area contributed by atoms with Gasteiger partial charge in [0.1, 0.15) is 18.1 Å². The first-order chi connectivity index (χ1) is 13.2. The zero-order valence-corrected chi connectivity index (χ0v) is 16.3. The highest BCUT2D eigenvalue weighted by Gasteiger charge is 2.19. The van der Waals surface area contributed by atoms with Gasteiger partial charge in [-0.05, 0) is 74.4 Å². The van der Waals surface area contributed by atoms with Crippen LogP contribution in [-0.2, 0) is 17.6 Å². The van der Waals surface area contributed by atoms with E-state index < -0.39 is 6.10 Å². The van der Waals surface area contributed by atoms with Gasteiger partial charge in [-0.25, -0.2) is 0 Å².